The van der Waals surface area contributed by atoms with E-state index in [4.69, 9.17) is 10.5 Å². The Morgan fingerprint density at radius 2 is 1.86 bits per heavy atom. The molecule has 0 radical (unpaired) electrons. The first-order valence-corrected chi connectivity index (χ1v) is 7.41. The Morgan fingerprint density at radius 3 is 2.41 bits per heavy atom. The lowest BCUT2D eigenvalue weighted by Crippen LogP contribution is -2.49. The molecular formula is C16H25N3O3. The molecule has 6 heteroatoms. The Labute approximate surface area is 131 Å². The lowest BCUT2D eigenvalue weighted by molar-refractivity contribution is -0.123. The maximum absolute atomic E-state index is 12.0. The topological polar surface area (TPSA) is 93.4 Å². The fourth-order valence-electron chi connectivity index (χ4n) is 1.98. The number of primary amides is 1. The van der Waals surface area contributed by atoms with E-state index in [1.165, 1.54) is 0 Å². The molecular weight excluding hydrogens is 282 g/mol. The van der Waals surface area contributed by atoms with E-state index in [1.54, 1.807) is 0 Å². The van der Waals surface area contributed by atoms with E-state index >= 15 is 0 Å². The number of nitrogens with one attached hydrogen (secondary N) is 2. The molecule has 0 aliphatic carbocycles. The molecule has 0 saturated heterocycles. The zero-order valence-electron chi connectivity index (χ0n) is 13.4. The van der Waals surface area contributed by atoms with Crippen molar-refractivity contribution in [3.8, 4) is 5.75 Å². The Hall–Kier alpha value is -2.24. The van der Waals surface area contributed by atoms with Crippen molar-refractivity contribution in [2.24, 2.45) is 11.7 Å². The molecule has 6 nitrogen and oxygen atoms in total. The number of benzene rings is 1. The molecule has 122 valence electrons. The fraction of sp³-hybridized carbons (Fsp3) is 0.500. The van der Waals surface area contributed by atoms with E-state index in [0.717, 1.165) is 11.3 Å². The SMILES string of the molecule is Cc1ccc(OCCNC(=O)C(CC(C)C)NC(N)=O)cc1. The number of rotatable bonds is 8. The van der Waals surface area contributed by atoms with Crippen LogP contribution in [0.2, 0.25) is 0 Å². The molecule has 0 bridgehead atoms. The van der Waals surface area contributed by atoms with Gasteiger partial charge < -0.3 is 21.1 Å². The highest BCUT2D eigenvalue weighted by molar-refractivity contribution is 5.86. The second-order valence-corrected chi connectivity index (χ2v) is 5.64. The summed E-state index contributed by atoms with van der Waals surface area (Å²) in [5.41, 5.74) is 6.26. The van der Waals surface area contributed by atoms with Crippen molar-refractivity contribution in [3.05, 3.63) is 29.8 Å². The van der Waals surface area contributed by atoms with Gasteiger partial charge in [-0.15, -0.1) is 0 Å². The molecule has 0 aliphatic rings. The molecule has 1 aromatic carbocycles. The first-order chi connectivity index (χ1) is 10.4. The molecule has 1 atom stereocenters. The minimum Gasteiger partial charge on any atom is -0.492 e. The van der Waals surface area contributed by atoms with Gasteiger partial charge in [0.15, 0.2) is 0 Å². The van der Waals surface area contributed by atoms with Crippen LogP contribution in [0.25, 0.3) is 0 Å². The number of aryl methyl sites for hydroxylation is 1. The van der Waals surface area contributed by atoms with Gasteiger partial charge in [-0.05, 0) is 31.4 Å². The first-order valence-electron chi connectivity index (χ1n) is 7.41. The van der Waals surface area contributed by atoms with E-state index in [-0.39, 0.29) is 11.8 Å². The van der Waals surface area contributed by atoms with Crippen LogP contribution in [-0.4, -0.2) is 31.1 Å². The molecule has 22 heavy (non-hydrogen) atoms. The van der Waals surface area contributed by atoms with Gasteiger partial charge in [-0.2, -0.15) is 0 Å². The summed E-state index contributed by atoms with van der Waals surface area (Å²) in [6.07, 6.45) is 0.535. The van der Waals surface area contributed by atoms with Crippen LogP contribution in [-0.2, 0) is 4.79 Å². The highest BCUT2D eigenvalue weighted by Gasteiger charge is 2.20. The molecule has 0 saturated carbocycles. The fourth-order valence-corrected chi connectivity index (χ4v) is 1.98. The number of carbonyl (C=O) groups is 2. The lowest BCUT2D eigenvalue weighted by atomic mass is 10.0. The number of urea groups is 1. The zero-order valence-corrected chi connectivity index (χ0v) is 13.4. The van der Waals surface area contributed by atoms with Crippen LogP contribution >= 0.6 is 0 Å². The number of ether oxygens (including phenoxy) is 1. The van der Waals surface area contributed by atoms with Crippen LogP contribution in [0.5, 0.6) is 5.75 Å². The smallest absolute Gasteiger partial charge is 0.312 e. The largest absolute Gasteiger partial charge is 0.492 e. The van der Waals surface area contributed by atoms with Crippen LogP contribution in [0.1, 0.15) is 25.8 Å². The van der Waals surface area contributed by atoms with Crippen LogP contribution < -0.4 is 21.1 Å². The van der Waals surface area contributed by atoms with Crippen LogP contribution in [0, 0.1) is 12.8 Å². The van der Waals surface area contributed by atoms with Crippen molar-refractivity contribution >= 4 is 11.9 Å². The van der Waals surface area contributed by atoms with Gasteiger partial charge in [0.1, 0.15) is 18.4 Å². The van der Waals surface area contributed by atoms with Crippen molar-refractivity contribution < 1.29 is 14.3 Å². The van der Waals surface area contributed by atoms with E-state index in [9.17, 15) is 9.59 Å². The molecule has 1 aromatic rings. The summed E-state index contributed by atoms with van der Waals surface area (Å²) >= 11 is 0. The predicted octanol–water partition coefficient (Wildman–Crippen LogP) is 1.57. The zero-order chi connectivity index (χ0) is 16.5. The number of carbonyl (C=O) groups excluding carboxylic acids is 2. The third kappa shape index (κ3) is 6.97. The Morgan fingerprint density at radius 1 is 1.23 bits per heavy atom. The van der Waals surface area contributed by atoms with Crippen molar-refractivity contribution in [2.45, 2.75) is 33.2 Å². The number of hydrogen-bond donors (Lipinski definition) is 3. The second-order valence-electron chi connectivity index (χ2n) is 5.64. The Balaban J connectivity index is 2.35. The highest BCUT2D eigenvalue weighted by atomic mass is 16.5. The summed E-state index contributed by atoms with van der Waals surface area (Å²) < 4.78 is 5.53. The third-order valence-electron chi connectivity index (χ3n) is 3.03. The molecule has 1 rings (SSSR count). The van der Waals surface area contributed by atoms with Gasteiger partial charge in [0.25, 0.3) is 0 Å². The summed E-state index contributed by atoms with van der Waals surface area (Å²) in [5.74, 6) is 0.778. The van der Waals surface area contributed by atoms with Gasteiger partial charge in [0.2, 0.25) is 5.91 Å². The van der Waals surface area contributed by atoms with Crippen molar-refractivity contribution in [2.75, 3.05) is 13.2 Å². The van der Waals surface area contributed by atoms with E-state index in [1.807, 2.05) is 45.0 Å². The third-order valence-corrected chi connectivity index (χ3v) is 3.03. The Kier molecular flexibility index (Phi) is 7.22. The minimum absolute atomic E-state index is 0.250. The van der Waals surface area contributed by atoms with E-state index < -0.39 is 12.1 Å². The van der Waals surface area contributed by atoms with Gasteiger partial charge in [-0.3, -0.25) is 4.79 Å². The average Bonchev–Trinajstić information content (AvgIpc) is 2.43. The van der Waals surface area contributed by atoms with Gasteiger partial charge in [-0.25, -0.2) is 4.79 Å². The van der Waals surface area contributed by atoms with Gasteiger partial charge >= 0.3 is 6.03 Å². The minimum atomic E-state index is -0.697. The molecule has 0 spiro atoms. The number of nitrogens with two attached hydrogens (primary N) is 1. The number of amides is 3. The quantitative estimate of drug-likeness (QED) is 0.636. The summed E-state index contributed by atoms with van der Waals surface area (Å²) in [5, 5.41) is 5.20. The lowest BCUT2D eigenvalue weighted by Gasteiger charge is -2.19. The molecule has 0 fully saturated rings. The maximum Gasteiger partial charge on any atom is 0.312 e. The van der Waals surface area contributed by atoms with Crippen molar-refractivity contribution in [1.82, 2.24) is 10.6 Å². The maximum atomic E-state index is 12.0. The van der Waals surface area contributed by atoms with Crippen LogP contribution in [0.4, 0.5) is 4.79 Å². The molecule has 0 aromatic heterocycles. The standard InChI is InChI=1S/C16H25N3O3/c1-11(2)10-14(19-16(17)21)15(20)18-8-9-22-13-6-4-12(3)5-7-13/h4-7,11,14H,8-10H2,1-3H3,(H,18,20)(H3,17,19,21). The second kappa shape index (κ2) is 8.92. The summed E-state index contributed by atoms with van der Waals surface area (Å²) in [4.78, 5) is 23.0. The Bertz CT molecular complexity index is 486. The monoisotopic (exact) mass is 307 g/mol. The summed E-state index contributed by atoms with van der Waals surface area (Å²) in [7, 11) is 0. The van der Waals surface area contributed by atoms with Crippen LogP contribution in [0.15, 0.2) is 24.3 Å². The predicted molar refractivity (Wildman–Crippen MR) is 85.6 cm³/mol. The highest BCUT2D eigenvalue weighted by Crippen LogP contribution is 2.10. The molecule has 3 amide bonds. The van der Waals surface area contributed by atoms with Gasteiger partial charge in [0, 0.05) is 0 Å². The van der Waals surface area contributed by atoms with Gasteiger partial charge in [0.05, 0.1) is 6.54 Å². The van der Waals surface area contributed by atoms with E-state index in [2.05, 4.69) is 10.6 Å². The molecule has 4 N–H and O–H groups in total. The molecule has 0 heterocycles. The normalized spacial score (nSPS) is 11.8. The van der Waals surface area contributed by atoms with Crippen molar-refractivity contribution in [1.29, 1.82) is 0 Å². The first kappa shape index (κ1) is 17.8. The number of hydrogen-bond acceptors (Lipinski definition) is 3. The van der Waals surface area contributed by atoms with E-state index in [0.29, 0.717) is 19.6 Å². The summed E-state index contributed by atoms with van der Waals surface area (Å²) in [6, 6.07) is 6.38. The van der Waals surface area contributed by atoms with Crippen molar-refractivity contribution in [3.63, 3.8) is 0 Å². The average molecular weight is 307 g/mol. The van der Waals surface area contributed by atoms with Gasteiger partial charge in [-0.1, -0.05) is 31.5 Å². The summed E-state index contributed by atoms with van der Waals surface area (Å²) in [6.45, 7) is 6.68. The molecule has 0 aliphatic heterocycles. The van der Waals surface area contributed by atoms with Crippen LogP contribution in [0.3, 0.4) is 0 Å². The molecule has 1 unspecified atom stereocenters.